The molecular weight excluding hydrogens is 242 g/mol. The SMILES string of the molecule is CC1CC(C)CC(NCC2CCC(C(C)(C)C)CC2)C1. The first kappa shape index (κ1) is 16.3. The summed E-state index contributed by atoms with van der Waals surface area (Å²) in [6, 6.07) is 0.800. The van der Waals surface area contributed by atoms with E-state index in [4.69, 9.17) is 0 Å². The normalized spacial score (nSPS) is 39.8. The van der Waals surface area contributed by atoms with Crippen molar-refractivity contribution in [2.75, 3.05) is 6.54 Å². The molecule has 2 saturated carbocycles. The van der Waals surface area contributed by atoms with Crippen molar-refractivity contribution < 1.29 is 0 Å². The van der Waals surface area contributed by atoms with Gasteiger partial charge in [-0.3, -0.25) is 0 Å². The van der Waals surface area contributed by atoms with Gasteiger partial charge in [0.1, 0.15) is 0 Å². The van der Waals surface area contributed by atoms with Crippen LogP contribution in [0.15, 0.2) is 0 Å². The molecule has 2 aliphatic rings. The highest BCUT2D eigenvalue weighted by Crippen LogP contribution is 2.39. The third-order valence-corrected chi connectivity index (χ3v) is 5.95. The lowest BCUT2D eigenvalue weighted by Crippen LogP contribution is -2.40. The molecule has 1 heteroatoms. The lowest BCUT2D eigenvalue weighted by atomic mass is 9.70. The van der Waals surface area contributed by atoms with E-state index >= 15 is 0 Å². The van der Waals surface area contributed by atoms with Crippen LogP contribution in [0.2, 0.25) is 0 Å². The van der Waals surface area contributed by atoms with Gasteiger partial charge in [0.05, 0.1) is 0 Å². The minimum Gasteiger partial charge on any atom is -0.314 e. The number of rotatable bonds is 3. The third kappa shape index (κ3) is 4.76. The molecule has 0 aliphatic heterocycles. The summed E-state index contributed by atoms with van der Waals surface area (Å²) < 4.78 is 0. The largest absolute Gasteiger partial charge is 0.314 e. The van der Waals surface area contributed by atoms with Gasteiger partial charge in [-0.1, -0.05) is 34.6 Å². The van der Waals surface area contributed by atoms with Crippen molar-refractivity contribution in [1.82, 2.24) is 5.32 Å². The fraction of sp³-hybridized carbons (Fsp3) is 1.00. The van der Waals surface area contributed by atoms with E-state index in [2.05, 4.69) is 39.9 Å². The highest BCUT2D eigenvalue weighted by Gasteiger charge is 2.30. The van der Waals surface area contributed by atoms with E-state index in [1.165, 1.54) is 51.5 Å². The van der Waals surface area contributed by atoms with Crippen LogP contribution in [-0.4, -0.2) is 12.6 Å². The predicted octanol–water partition coefficient (Wildman–Crippen LogP) is 5.25. The maximum atomic E-state index is 3.91. The Morgan fingerprint density at radius 2 is 1.40 bits per heavy atom. The molecule has 2 rings (SSSR count). The second kappa shape index (κ2) is 6.81. The molecule has 0 spiro atoms. The maximum absolute atomic E-state index is 3.91. The van der Waals surface area contributed by atoms with Gasteiger partial charge >= 0.3 is 0 Å². The monoisotopic (exact) mass is 279 g/mol. The second-order valence-corrected chi connectivity index (χ2v) is 9.11. The van der Waals surface area contributed by atoms with E-state index < -0.39 is 0 Å². The molecule has 0 aromatic carbocycles. The van der Waals surface area contributed by atoms with Crippen molar-refractivity contribution in [3.8, 4) is 0 Å². The summed E-state index contributed by atoms with van der Waals surface area (Å²) in [4.78, 5) is 0. The number of hydrogen-bond donors (Lipinski definition) is 1. The fourth-order valence-electron chi connectivity index (χ4n) is 4.68. The molecule has 118 valence electrons. The Balaban J connectivity index is 1.68. The molecule has 2 aliphatic carbocycles. The van der Waals surface area contributed by atoms with Crippen molar-refractivity contribution in [1.29, 1.82) is 0 Å². The van der Waals surface area contributed by atoms with Gasteiger partial charge in [-0.25, -0.2) is 0 Å². The summed E-state index contributed by atoms with van der Waals surface area (Å²) in [7, 11) is 0. The van der Waals surface area contributed by atoms with Crippen molar-refractivity contribution in [2.45, 2.75) is 85.6 Å². The summed E-state index contributed by atoms with van der Waals surface area (Å²) in [5.41, 5.74) is 0.520. The Hall–Kier alpha value is -0.0400. The number of nitrogens with one attached hydrogen (secondary N) is 1. The molecule has 0 amide bonds. The van der Waals surface area contributed by atoms with Gasteiger partial charge in [-0.05, 0) is 80.6 Å². The van der Waals surface area contributed by atoms with Crippen LogP contribution < -0.4 is 5.32 Å². The summed E-state index contributed by atoms with van der Waals surface area (Å²) in [6.45, 7) is 13.4. The van der Waals surface area contributed by atoms with Gasteiger partial charge in [0.15, 0.2) is 0 Å². The topological polar surface area (TPSA) is 12.0 Å². The highest BCUT2D eigenvalue weighted by atomic mass is 14.9. The van der Waals surface area contributed by atoms with Crippen LogP contribution in [0.3, 0.4) is 0 Å². The molecule has 2 unspecified atom stereocenters. The average molecular weight is 280 g/mol. The Kier molecular flexibility index (Phi) is 5.56. The quantitative estimate of drug-likeness (QED) is 0.743. The highest BCUT2D eigenvalue weighted by molar-refractivity contribution is 4.84. The zero-order valence-electron chi connectivity index (χ0n) is 14.5. The van der Waals surface area contributed by atoms with Gasteiger partial charge < -0.3 is 5.32 Å². The molecular formula is C19H37N. The third-order valence-electron chi connectivity index (χ3n) is 5.95. The van der Waals surface area contributed by atoms with E-state index in [1.807, 2.05) is 0 Å². The molecule has 0 aromatic rings. The fourth-order valence-corrected chi connectivity index (χ4v) is 4.68. The molecule has 20 heavy (non-hydrogen) atoms. The first-order chi connectivity index (χ1) is 9.34. The minimum absolute atomic E-state index is 0.520. The molecule has 0 saturated heterocycles. The van der Waals surface area contributed by atoms with E-state index in [0.717, 1.165) is 29.7 Å². The van der Waals surface area contributed by atoms with E-state index in [1.54, 1.807) is 0 Å². The molecule has 1 N–H and O–H groups in total. The molecule has 2 atom stereocenters. The lowest BCUT2D eigenvalue weighted by molar-refractivity contribution is 0.143. The van der Waals surface area contributed by atoms with Crippen LogP contribution in [-0.2, 0) is 0 Å². The molecule has 0 bridgehead atoms. The van der Waals surface area contributed by atoms with E-state index in [-0.39, 0.29) is 0 Å². The molecule has 0 heterocycles. The predicted molar refractivity (Wildman–Crippen MR) is 88.9 cm³/mol. The van der Waals surface area contributed by atoms with Gasteiger partial charge in [0, 0.05) is 6.04 Å². The second-order valence-electron chi connectivity index (χ2n) is 9.11. The standard InChI is InChI=1S/C19H37N/c1-14-10-15(2)12-18(11-14)20-13-16-6-8-17(9-7-16)19(3,4)5/h14-18,20H,6-13H2,1-5H3. The Bertz CT molecular complexity index is 273. The lowest BCUT2D eigenvalue weighted by Gasteiger charge is -2.38. The van der Waals surface area contributed by atoms with Gasteiger partial charge in [-0.2, -0.15) is 0 Å². The zero-order chi connectivity index (χ0) is 14.8. The van der Waals surface area contributed by atoms with Crippen molar-refractivity contribution >= 4 is 0 Å². The van der Waals surface area contributed by atoms with E-state index in [0.29, 0.717) is 5.41 Å². The van der Waals surface area contributed by atoms with Crippen LogP contribution in [0.4, 0.5) is 0 Å². The zero-order valence-corrected chi connectivity index (χ0v) is 14.5. The molecule has 0 aromatic heterocycles. The van der Waals surface area contributed by atoms with Crippen molar-refractivity contribution in [3.63, 3.8) is 0 Å². The maximum Gasteiger partial charge on any atom is 0.00722 e. The van der Waals surface area contributed by atoms with Gasteiger partial charge in [0.25, 0.3) is 0 Å². The molecule has 2 fully saturated rings. The van der Waals surface area contributed by atoms with E-state index in [9.17, 15) is 0 Å². The van der Waals surface area contributed by atoms with Crippen molar-refractivity contribution in [3.05, 3.63) is 0 Å². The molecule has 0 radical (unpaired) electrons. The van der Waals surface area contributed by atoms with Crippen molar-refractivity contribution in [2.24, 2.45) is 29.1 Å². The van der Waals surface area contributed by atoms with Crippen LogP contribution in [0.1, 0.15) is 79.6 Å². The minimum atomic E-state index is 0.520. The van der Waals surface area contributed by atoms with Crippen LogP contribution >= 0.6 is 0 Å². The smallest absolute Gasteiger partial charge is 0.00722 e. The summed E-state index contributed by atoms with van der Waals surface area (Å²) in [5, 5.41) is 3.91. The number of hydrogen-bond acceptors (Lipinski definition) is 1. The summed E-state index contributed by atoms with van der Waals surface area (Å²) in [5.74, 6) is 3.75. The van der Waals surface area contributed by atoms with Gasteiger partial charge in [0.2, 0.25) is 0 Å². The first-order valence-corrected chi connectivity index (χ1v) is 9.08. The van der Waals surface area contributed by atoms with Crippen LogP contribution in [0, 0.1) is 29.1 Å². The Morgan fingerprint density at radius 1 is 0.850 bits per heavy atom. The van der Waals surface area contributed by atoms with Gasteiger partial charge in [-0.15, -0.1) is 0 Å². The molecule has 1 nitrogen and oxygen atoms in total. The summed E-state index contributed by atoms with van der Waals surface area (Å²) in [6.07, 6.45) is 10.1. The Labute approximate surface area is 127 Å². The first-order valence-electron chi connectivity index (χ1n) is 9.08. The van der Waals surface area contributed by atoms with Crippen LogP contribution in [0.25, 0.3) is 0 Å². The average Bonchev–Trinajstić information content (AvgIpc) is 2.35. The Morgan fingerprint density at radius 3 is 1.90 bits per heavy atom. The van der Waals surface area contributed by atoms with Crippen LogP contribution in [0.5, 0.6) is 0 Å². The summed E-state index contributed by atoms with van der Waals surface area (Å²) >= 11 is 0.